The zero-order valence-corrected chi connectivity index (χ0v) is 14.0. The average Bonchev–Trinajstić information content (AvgIpc) is 2.99. The highest BCUT2D eigenvalue weighted by atomic mass is 16.3. The van der Waals surface area contributed by atoms with E-state index < -0.39 is 5.60 Å². The SMILES string of the molecule is CC(C)n1cc([C@]2(O)CCN(C(=O)c3ccoc3C3CC3)C2)nn1. The largest absolute Gasteiger partial charge is 0.468 e. The van der Waals surface area contributed by atoms with Gasteiger partial charge >= 0.3 is 0 Å². The van der Waals surface area contributed by atoms with E-state index in [1.54, 1.807) is 28.1 Å². The molecule has 2 aliphatic rings. The molecule has 1 saturated heterocycles. The molecule has 1 aliphatic heterocycles. The second kappa shape index (κ2) is 5.44. The number of rotatable bonds is 4. The van der Waals surface area contributed by atoms with Crippen molar-refractivity contribution in [2.24, 2.45) is 0 Å². The third-order valence-corrected chi connectivity index (χ3v) is 4.92. The number of furan rings is 1. The predicted octanol–water partition coefficient (Wildman–Crippen LogP) is 2.06. The number of amides is 1. The van der Waals surface area contributed by atoms with Gasteiger partial charge in [-0.1, -0.05) is 5.21 Å². The number of aliphatic hydroxyl groups is 1. The van der Waals surface area contributed by atoms with Crippen LogP contribution in [-0.4, -0.2) is 44.0 Å². The molecule has 7 nitrogen and oxygen atoms in total. The van der Waals surface area contributed by atoms with E-state index in [1.165, 1.54) is 0 Å². The van der Waals surface area contributed by atoms with Crippen molar-refractivity contribution in [1.29, 1.82) is 0 Å². The monoisotopic (exact) mass is 330 g/mol. The normalized spacial score (nSPS) is 24.1. The molecular formula is C17H22N4O3. The van der Waals surface area contributed by atoms with E-state index in [0.29, 0.717) is 30.1 Å². The number of carbonyl (C=O) groups is 1. The van der Waals surface area contributed by atoms with Crippen molar-refractivity contribution in [3.8, 4) is 0 Å². The van der Waals surface area contributed by atoms with Crippen LogP contribution in [0.5, 0.6) is 0 Å². The van der Waals surface area contributed by atoms with Crippen LogP contribution in [0.3, 0.4) is 0 Å². The molecule has 1 aliphatic carbocycles. The molecule has 0 bridgehead atoms. The maximum Gasteiger partial charge on any atom is 0.257 e. The molecule has 1 atom stereocenters. The molecule has 4 rings (SSSR count). The topological polar surface area (TPSA) is 84.4 Å². The standard InChI is InChI=1S/C17H22N4O3/c1-11(2)21-9-14(18-19-21)17(23)6-7-20(10-17)16(22)13-5-8-24-15(13)12-3-4-12/h5,8-9,11-12,23H,3-4,6-7,10H2,1-2H3/t17-/m0/s1. The molecule has 0 spiro atoms. The van der Waals surface area contributed by atoms with Crippen LogP contribution in [0.15, 0.2) is 22.9 Å². The van der Waals surface area contributed by atoms with Crippen molar-refractivity contribution in [3.63, 3.8) is 0 Å². The van der Waals surface area contributed by atoms with Gasteiger partial charge < -0.3 is 14.4 Å². The summed E-state index contributed by atoms with van der Waals surface area (Å²) in [4.78, 5) is 14.5. The molecule has 24 heavy (non-hydrogen) atoms. The Morgan fingerprint density at radius 2 is 2.25 bits per heavy atom. The lowest BCUT2D eigenvalue weighted by atomic mass is 10.00. The van der Waals surface area contributed by atoms with Gasteiger partial charge in [-0.25, -0.2) is 4.68 Å². The lowest BCUT2D eigenvalue weighted by Crippen LogP contribution is -2.34. The zero-order chi connectivity index (χ0) is 16.9. The first kappa shape index (κ1) is 15.4. The number of carbonyl (C=O) groups excluding carboxylic acids is 1. The summed E-state index contributed by atoms with van der Waals surface area (Å²) in [7, 11) is 0. The number of aromatic nitrogens is 3. The molecule has 0 unspecified atom stereocenters. The van der Waals surface area contributed by atoms with Gasteiger partial charge in [0.05, 0.1) is 24.6 Å². The van der Waals surface area contributed by atoms with Crippen LogP contribution >= 0.6 is 0 Å². The average molecular weight is 330 g/mol. The second-order valence-electron chi connectivity index (χ2n) is 7.16. The highest BCUT2D eigenvalue weighted by molar-refractivity contribution is 5.95. The van der Waals surface area contributed by atoms with Crippen LogP contribution in [0.1, 0.15) is 66.9 Å². The van der Waals surface area contributed by atoms with E-state index in [1.807, 2.05) is 13.8 Å². The van der Waals surface area contributed by atoms with Crippen molar-refractivity contribution in [1.82, 2.24) is 19.9 Å². The van der Waals surface area contributed by atoms with Crippen molar-refractivity contribution in [2.45, 2.75) is 50.7 Å². The Morgan fingerprint density at radius 3 is 2.92 bits per heavy atom. The Morgan fingerprint density at radius 1 is 1.46 bits per heavy atom. The molecule has 7 heteroatoms. The minimum atomic E-state index is -1.13. The van der Waals surface area contributed by atoms with Gasteiger partial charge in [-0.15, -0.1) is 5.10 Å². The van der Waals surface area contributed by atoms with Gasteiger partial charge in [0.2, 0.25) is 0 Å². The molecular weight excluding hydrogens is 308 g/mol. The Hall–Kier alpha value is -2.15. The summed E-state index contributed by atoms with van der Waals surface area (Å²) in [6.07, 6.45) is 5.97. The summed E-state index contributed by atoms with van der Waals surface area (Å²) >= 11 is 0. The van der Waals surface area contributed by atoms with Crippen LogP contribution in [-0.2, 0) is 5.60 Å². The molecule has 1 amide bonds. The zero-order valence-electron chi connectivity index (χ0n) is 14.0. The number of nitrogens with zero attached hydrogens (tertiary/aromatic N) is 4. The van der Waals surface area contributed by atoms with Gasteiger partial charge in [-0.05, 0) is 32.8 Å². The summed E-state index contributed by atoms with van der Waals surface area (Å²) in [6.45, 7) is 4.74. The Kier molecular flexibility index (Phi) is 3.49. The molecule has 128 valence electrons. The molecule has 1 saturated carbocycles. The van der Waals surface area contributed by atoms with Crippen LogP contribution < -0.4 is 0 Å². The predicted molar refractivity (Wildman–Crippen MR) is 85.5 cm³/mol. The highest BCUT2D eigenvalue weighted by Crippen LogP contribution is 2.42. The van der Waals surface area contributed by atoms with E-state index in [0.717, 1.165) is 18.6 Å². The summed E-state index contributed by atoms with van der Waals surface area (Å²) < 4.78 is 7.22. The number of hydrogen-bond donors (Lipinski definition) is 1. The molecule has 0 radical (unpaired) electrons. The second-order valence-corrected chi connectivity index (χ2v) is 7.16. The third-order valence-electron chi connectivity index (χ3n) is 4.92. The van der Waals surface area contributed by atoms with E-state index >= 15 is 0 Å². The van der Waals surface area contributed by atoms with Crippen LogP contribution in [0.25, 0.3) is 0 Å². The van der Waals surface area contributed by atoms with E-state index in [2.05, 4.69) is 10.3 Å². The van der Waals surface area contributed by atoms with Gasteiger partial charge in [-0.3, -0.25) is 4.79 Å². The first-order valence-electron chi connectivity index (χ1n) is 8.49. The highest BCUT2D eigenvalue weighted by Gasteiger charge is 2.43. The van der Waals surface area contributed by atoms with Crippen molar-refractivity contribution < 1.29 is 14.3 Å². The molecule has 2 fully saturated rings. The lowest BCUT2D eigenvalue weighted by Gasteiger charge is -2.21. The maximum atomic E-state index is 12.8. The van der Waals surface area contributed by atoms with Crippen molar-refractivity contribution in [2.75, 3.05) is 13.1 Å². The van der Waals surface area contributed by atoms with Gasteiger partial charge in [0.25, 0.3) is 5.91 Å². The number of β-amino-alcohol motifs (C(OH)–C–C–N with tert-alkyl or cyclic N) is 1. The van der Waals surface area contributed by atoms with Gasteiger partial charge in [0, 0.05) is 24.9 Å². The maximum absolute atomic E-state index is 12.8. The summed E-state index contributed by atoms with van der Waals surface area (Å²) in [5.74, 6) is 1.10. The molecule has 2 aromatic rings. The molecule has 2 aromatic heterocycles. The third kappa shape index (κ3) is 2.53. The molecule has 0 aromatic carbocycles. The van der Waals surface area contributed by atoms with E-state index in [-0.39, 0.29) is 18.5 Å². The Labute approximate surface area is 140 Å². The fourth-order valence-corrected chi connectivity index (χ4v) is 3.25. The lowest BCUT2D eigenvalue weighted by molar-refractivity contribution is 0.0381. The van der Waals surface area contributed by atoms with Crippen LogP contribution in [0.4, 0.5) is 0 Å². The van der Waals surface area contributed by atoms with Crippen LogP contribution in [0.2, 0.25) is 0 Å². The number of hydrogen-bond acceptors (Lipinski definition) is 5. The minimum absolute atomic E-state index is 0.0715. The van der Waals surface area contributed by atoms with Crippen molar-refractivity contribution in [3.05, 3.63) is 35.5 Å². The first-order valence-corrected chi connectivity index (χ1v) is 8.49. The van der Waals surface area contributed by atoms with Gasteiger partial charge in [0.1, 0.15) is 17.1 Å². The smallest absolute Gasteiger partial charge is 0.257 e. The summed E-state index contributed by atoms with van der Waals surface area (Å²) in [6, 6.07) is 1.92. The minimum Gasteiger partial charge on any atom is -0.468 e. The van der Waals surface area contributed by atoms with Gasteiger partial charge in [-0.2, -0.15) is 0 Å². The molecule has 3 heterocycles. The quantitative estimate of drug-likeness (QED) is 0.927. The van der Waals surface area contributed by atoms with E-state index in [4.69, 9.17) is 4.42 Å². The van der Waals surface area contributed by atoms with E-state index in [9.17, 15) is 9.90 Å². The first-order chi connectivity index (χ1) is 11.5. The molecule has 1 N–H and O–H groups in total. The summed E-state index contributed by atoms with van der Waals surface area (Å²) in [5, 5.41) is 19.1. The van der Waals surface area contributed by atoms with Gasteiger partial charge in [0.15, 0.2) is 0 Å². The number of likely N-dealkylation sites (tertiary alicyclic amines) is 1. The summed E-state index contributed by atoms with van der Waals surface area (Å²) in [5.41, 5.74) is 0.0282. The fourth-order valence-electron chi connectivity index (χ4n) is 3.25. The Bertz CT molecular complexity index is 761. The van der Waals surface area contributed by atoms with Crippen molar-refractivity contribution >= 4 is 5.91 Å². The van der Waals surface area contributed by atoms with Crippen LogP contribution in [0, 0.1) is 0 Å². The Balaban J connectivity index is 1.52. The fraction of sp³-hybridized carbons (Fsp3) is 0.588.